The molecular formula is C21H17NO2S2. The number of esters is 1. The van der Waals surface area contributed by atoms with Crippen LogP contribution in [0, 0.1) is 11.3 Å². The molecule has 0 unspecified atom stereocenters. The van der Waals surface area contributed by atoms with E-state index in [1.54, 1.807) is 11.8 Å². The molecule has 0 aliphatic heterocycles. The van der Waals surface area contributed by atoms with E-state index >= 15 is 0 Å². The zero-order chi connectivity index (χ0) is 18.5. The van der Waals surface area contributed by atoms with Crippen LogP contribution in [0.4, 0.5) is 0 Å². The lowest BCUT2D eigenvalue weighted by Crippen LogP contribution is -2.02. The number of thioether (sulfide) groups is 1. The minimum Gasteiger partial charge on any atom is -0.465 e. The Hall–Kier alpha value is -2.55. The molecule has 1 heterocycles. The number of ether oxygens (including phenoxy) is 1. The molecule has 5 heteroatoms. The highest BCUT2D eigenvalue weighted by Gasteiger charge is 2.24. The van der Waals surface area contributed by atoms with Gasteiger partial charge in [0.25, 0.3) is 0 Å². The van der Waals surface area contributed by atoms with Gasteiger partial charge in [-0.15, -0.1) is 23.1 Å². The van der Waals surface area contributed by atoms with Gasteiger partial charge in [-0.25, -0.2) is 4.79 Å². The largest absolute Gasteiger partial charge is 0.465 e. The Kier molecular flexibility index (Phi) is 5.77. The normalized spacial score (nSPS) is 10.3. The van der Waals surface area contributed by atoms with Gasteiger partial charge >= 0.3 is 5.97 Å². The standard InChI is InChI=1S/C21H17NO2S2/c1-24-21(23)20-17(12-13-22)18(14-8-10-16(25-2)11-9-14)19(26-20)15-6-4-3-5-7-15/h3-11H,12H2,1-2H3. The summed E-state index contributed by atoms with van der Waals surface area (Å²) in [5.74, 6) is -0.399. The van der Waals surface area contributed by atoms with Crippen molar-refractivity contribution in [2.24, 2.45) is 0 Å². The number of methoxy groups -OCH3 is 1. The molecule has 0 spiro atoms. The first-order chi connectivity index (χ1) is 12.7. The lowest BCUT2D eigenvalue weighted by molar-refractivity contribution is 0.0605. The second-order valence-electron chi connectivity index (χ2n) is 5.53. The molecule has 0 fully saturated rings. The second-order valence-corrected chi connectivity index (χ2v) is 7.44. The Balaban J connectivity index is 2.28. The summed E-state index contributed by atoms with van der Waals surface area (Å²) >= 11 is 3.06. The highest BCUT2D eigenvalue weighted by Crippen LogP contribution is 2.44. The highest BCUT2D eigenvalue weighted by atomic mass is 32.2. The van der Waals surface area contributed by atoms with E-state index in [2.05, 4.69) is 18.2 Å². The maximum Gasteiger partial charge on any atom is 0.348 e. The maximum absolute atomic E-state index is 12.3. The van der Waals surface area contributed by atoms with Crippen LogP contribution < -0.4 is 0 Å². The number of rotatable bonds is 5. The SMILES string of the molecule is COC(=O)c1sc(-c2ccccc2)c(-c2ccc(SC)cc2)c1CC#N. The van der Waals surface area contributed by atoms with E-state index in [0.29, 0.717) is 4.88 Å². The predicted molar refractivity (Wildman–Crippen MR) is 108 cm³/mol. The fourth-order valence-corrected chi connectivity index (χ4v) is 4.50. The van der Waals surface area contributed by atoms with Crippen LogP contribution in [0.3, 0.4) is 0 Å². The molecule has 0 radical (unpaired) electrons. The van der Waals surface area contributed by atoms with Gasteiger partial charge in [0.1, 0.15) is 4.88 Å². The number of benzene rings is 2. The van der Waals surface area contributed by atoms with Crippen molar-refractivity contribution in [3.63, 3.8) is 0 Å². The Morgan fingerprint density at radius 2 is 1.81 bits per heavy atom. The molecule has 2 aromatic carbocycles. The molecule has 3 rings (SSSR count). The number of carbonyl (C=O) groups is 1. The smallest absolute Gasteiger partial charge is 0.348 e. The van der Waals surface area contributed by atoms with E-state index in [1.165, 1.54) is 23.3 Å². The summed E-state index contributed by atoms with van der Waals surface area (Å²) in [6.45, 7) is 0. The van der Waals surface area contributed by atoms with Crippen LogP contribution in [0.5, 0.6) is 0 Å². The third-order valence-electron chi connectivity index (χ3n) is 4.05. The monoisotopic (exact) mass is 379 g/mol. The summed E-state index contributed by atoms with van der Waals surface area (Å²) in [6.07, 6.45) is 2.19. The average Bonchev–Trinajstić information content (AvgIpc) is 3.07. The summed E-state index contributed by atoms with van der Waals surface area (Å²) in [7, 11) is 1.37. The Morgan fingerprint density at radius 3 is 2.38 bits per heavy atom. The number of nitriles is 1. The molecule has 0 atom stereocenters. The van der Waals surface area contributed by atoms with Crippen LogP contribution in [-0.4, -0.2) is 19.3 Å². The third-order valence-corrected chi connectivity index (χ3v) is 6.05. The van der Waals surface area contributed by atoms with Crippen LogP contribution in [0.15, 0.2) is 59.5 Å². The minimum atomic E-state index is -0.399. The van der Waals surface area contributed by atoms with Crippen molar-refractivity contribution in [3.05, 3.63) is 65.0 Å². The Morgan fingerprint density at radius 1 is 1.12 bits per heavy atom. The van der Waals surface area contributed by atoms with E-state index in [4.69, 9.17) is 4.74 Å². The van der Waals surface area contributed by atoms with Gasteiger partial charge in [0.2, 0.25) is 0 Å². The highest BCUT2D eigenvalue weighted by molar-refractivity contribution is 7.98. The molecule has 0 saturated heterocycles. The van der Waals surface area contributed by atoms with Gasteiger partial charge in [-0.2, -0.15) is 5.26 Å². The van der Waals surface area contributed by atoms with Crippen LogP contribution in [0.2, 0.25) is 0 Å². The molecule has 130 valence electrons. The van der Waals surface area contributed by atoms with Gasteiger partial charge in [-0.1, -0.05) is 42.5 Å². The molecular weight excluding hydrogens is 362 g/mol. The molecule has 26 heavy (non-hydrogen) atoms. The number of hydrogen-bond acceptors (Lipinski definition) is 5. The maximum atomic E-state index is 12.3. The molecule has 0 saturated carbocycles. The molecule has 3 aromatic rings. The lowest BCUT2D eigenvalue weighted by atomic mass is 9.96. The van der Waals surface area contributed by atoms with Gasteiger partial charge in [-0.05, 0) is 29.5 Å². The first kappa shape index (κ1) is 18.2. The number of hydrogen-bond donors (Lipinski definition) is 0. The molecule has 1 aromatic heterocycles. The van der Waals surface area contributed by atoms with E-state index in [-0.39, 0.29) is 6.42 Å². The minimum absolute atomic E-state index is 0.160. The molecule has 0 aliphatic rings. The van der Waals surface area contributed by atoms with Gasteiger partial charge in [0, 0.05) is 20.9 Å². The quantitative estimate of drug-likeness (QED) is 0.424. The van der Waals surface area contributed by atoms with Crippen molar-refractivity contribution in [1.29, 1.82) is 5.26 Å². The van der Waals surface area contributed by atoms with Crippen molar-refractivity contribution >= 4 is 29.1 Å². The van der Waals surface area contributed by atoms with Crippen LogP contribution in [0.1, 0.15) is 15.2 Å². The fourth-order valence-electron chi connectivity index (χ4n) is 2.83. The number of nitrogens with zero attached hydrogens (tertiary/aromatic N) is 1. The van der Waals surface area contributed by atoms with E-state index in [1.807, 2.05) is 48.7 Å². The van der Waals surface area contributed by atoms with Gasteiger partial charge < -0.3 is 4.74 Å². The van der Waals surface area contributed by atoms with Gasteiger partial charge in [0.05, 0.1) is 19.6 Å². The zero-order valence-corrected chi connectivity index (χ0v) is 16.1. The van der Waals surface area contributed by atoms with Crippen molar-refractivity contribution in [3.8, 4) is 27.6 Å². The molecule has 0 amide bonds. The average molecular weight is 380 g/mol. The Labute approximate surface area is 161 Å². The van der Waals surface area contributed by atoms with Crippen molar-refractivity contribution in [2.75, 3.05) is 13.4 Å². The summed E-state index contributed by atoms with van der Waals surface area (Å²) in [4.78, 5) is 15.0. The van der Waals surface area contributed by atoms with E-state index < -0.39 is 5.97 Å². The van der Waals surface area contributed by atoms with Crippen LogP contribution in [-0.2, 0) is 11.2 Å². The van der Waals surface area contributed by atoms with Crippen molar-refractivity contribution < 1.29 is 9.53 Å². The lowest BCUT2D eigenvalue weighted by Gasteiger charge is -2.08. The summed E-state index contributed by atoms with van der Waals surface area (Å²) in [5.41, 5.74) is 3.70. The molecule has 0 aliphatic carbocycles. The van der Waals surface area contributed by atoms with Crippen molar-refractivity contribution in [1.82, 2.24) is 0 Å². The summed E-state index contributed by atoms with van der Waals surface area (Å²) < 4.78 is 4.96. The van der Waals surface area contributed by atoms with Gasteiger partial charge in [-0.3, -0.25) is 0 Å². The topological polar surface area (TPSA) is 50.1 Å². The molecule has 0 bridgehead atoms. The first-order valence-electron chi connectivity index (χ1n) is 8.00. The molecule has 0 N–H and O–H groups in total. The predicted octanol–water partition coefficient (Wildman–Crippen LogP) is 5.66. The zero-order valence-electron chi connectivity index (χ0n) is 14.5. The third kappa shape index (κ3) is 3.52. The second kappa shape index (κ2) is 8.22. The number of carbonyl (C=O) groups excluding carboxylic acids is 1. The number of thiophene rings is 1. The first-order valence-corrected chi connectivity index (χ1v) is 10.0. The van der Waals surface area contributed by atoms with Gasteiger partial charge in [0.15, 0.2) is 0 Å². The van der Waals surface area contributed by atoms with Crippen LogP contribution >= 0.6 is 23.1 Å². The summed E-state index contributed by atoms with van der Waals surface area (Å²) in [6, 6.07) is 20.3. The van der Waals surface area contributed by atoms with Crippen LogP contribution in [0.25, 0.3) is 21.6 Å². The summed E-state index contributed by atoms with van der Waals surface area (Å²) in [5, 5.41) is 9.33. The fraction of sp³-hybridized carbons (Fsp3) is 0.143. The van der Waals surface area contributed by atoms with E-state index in [9.17, 15) is 10.1 Å². The van der Waals surface area contributed by atoms with E-state index in [0.717, 1.165) is 27.1 Å². The Bertz CT molecular complexity index is 954. The molecule has 3 nitrogen and oxygen atoms in total. The van der Waals surface area contributed by atoms with Crippen molar-refractivity contribution in [2.45, 2.75) is 11.3 Å².